The zero-order valence-corrected chi connectivity index (χ0v) is 43.5. The second-order valence-corrected chi connectivity index (χ2v) is 21.4. The first-order valence-electron chi connectivity index (χ1n) is 23.0. The molecular formula is C50H49N11O9S4. The summed E-state index contributed by atoms with van der Waals surface area (Å²) in [7, 11) is -13.6. The molecule has 0 saturated heterocycles. The van der Waals surface area contributed by atoms with Gasteiger partial charge in [-0.05, 0) is 106 Å². The molecule has 8 rings (SSSR count). The highest BCUT2D eigenvalue weighted by atomic mass is 32.2. The summed E-state index contributed by atoms with van der Waals surface area (Å²) in [6.07, 6.45) is 0. The van der Waals surface area contributed by atoms with E-state index >= 15 is 0 Å². The third kappa shape index (κ3) is 12.3. The van der Waals surface area contributed by atoms with E-state index in [0.717, 1.165) is 23.1 Å². The Hall–Kier alpha value is -7.45. The van der Waals surface area contributed by atoms with Gasteiger partial charge in [0, 0.05) is 64.9 Å². The Morgan fingerprint density at radius 1 is 0.473 bits per heavy atom. The molecule has 0 aliphatic carbocycles. The van der Waals surface area contributed by atoms with Crippen LogP contribution >= 0.6 is 11.8 Å². The minimum Gasteiger partial charge on any atom is -0.372 e. The fourth-order valence-electron chi connectivity index (χ4n) is 8.06. The molecule has 0 saturated carbocycles. The molecule has 382 valence electrons. The van der Waals surface area contributed by atoms with Crippen molar-refractivity contribution >= 4 is 121 Å². The van der Waals surface area contributed by atoms with Crippen LogP contribution in [0.4, 0.5) is 57.4 Å². The predicted molar refractivity (Wildman–Crippen MR) is 288 cm³/mol. The van der Waals surface area contributed by atoms with E-state index in [1.54, 1.807) is 66.7 Å². The Labute approximate surface area is 432 Å². The van der Waals surface area contributed by atoms with Crippen LogP contribution in [0.5, 0.6) is 0 Å². The molecule has 0 spiro atoms. The fourth-order valence-corrected chi connectivity index (χ4v) is 10.8. The van der Waals surface area contributed by atoms with E-state index in [1.807, 2.05) is 52.0 Å². The molecule has 20 nitrogen and oxygen atoms in total. The van der Waals surface area contributed by atoms with E-state index in [-0.39, 0.29) is 48.3 Å². The summed E-state index contributed by atoms with van der Waals surface area (Å²) in [6, 6.07) is 35.6. The van der Waals surface area contributed by atoms with Gasteiger partial charge in [-0.25, -0.2) is 0 Å². The molecule has 1 heterocycles. The lowest BCUT2D eigenvalue weighted by Gasteiger charge is -2.22. The number of thioether (sulfide) groups is 1. The van der Waals surface area contributed by atoms with E-state index in [2.05, 4.69) is 40.9 Å². The number of nitrogens with one attached hydrogen (secondary N) is 2. The summed E-state index contributed by atoms with van der Waals surface area (Å²) in [6.45, 7) is 10.8. The third-order valence-electron chi connectivity index (χ3n) is 11.7. The number of fused-ring (bicyclic) bond motifs is 2. The molecule has 1 aromatic heterocycles. The van der Waals surface area contributed by atoms with E-state index in [4.69, 9.17) is 15.0 Å². The summed E-state index contributed by atoms with van der Waals surface area (Å²) in [5.41, 5.74) is 4.44. The highest BCUT2D eigenvalue weighted by Gasteiger charge is 2.20. The SMILES string of the molecule is CCN(CC)c1ccc(N=Nc2ccc(S(=O)(=O)O)c3ccccc23)c(Nc2nc(Nc3cc(N(CC)CC)ccc3N=Nc3ccc(S(=O)(=O)O)c4ccccc34)nc(SCc3cccc(S(=O)(=O)O)c3)n2)c1. The van der Waals surface area contributed by atoms with Crippen LogP contribution in [-0.4, -0.2) is 80.0 Å². The van der Waals surface area contributed by atoms with Gasteiger partial charge in [-0.15, -0.1) is 20.5 Å². The van der Waals surface area contributed by atoms with Crippen molar-refractivity contribution in [2.45, 2.75) is 53.3 Å². The summed E-state index contributed by atoms with van der Waals surface area (Å²) in [4.78, 5) is 17.8. The van der Waals surface area contributed by atoms with Gasteiger partial charge in [0.1, 0.15) is 21.2 Å². The monoisotopic (exact) mass is 1080 g/mol. The van der Waals surface area contributed by atoms with Gasteiger partial charge >= 0.3 is 0 Å². The maximum Gasteiger partial charge on any atom is 0.295 e. The van der Waals surface area contributed by atoms with Crippen LogP contribution in [0, 0.1) is 0 Å². The van der Waals surface area contributed by atoms with Gasteiger partial charge in [-0.3, -0.25) is 13.7 Å². The predicted octanol–water partition coefficient (Wildman–Crippen LogP) is 12.2. The number of nitrogens with zero attached hydrogens (tertiary/aromatic N) is 9. The molecule has 0 atom stereocenters. The van der Waals surface area contributed by atoms with Gasteiger partial charge in [0.05, 0.1) is 27.6 Å². The van der Waals surface area contributed by atoms with Crippen LogP contribution in [0.2, 0.25) is 0 Å². The van der Waals surface area contributed by atoms with Crippen LogP contribution in [-0.2, 0) is 36.1 Å². The maximum absolute atomic E-state index is 12.2. The lowest BCUT2D eigenvalue weighted by molar-refractivity contribution is 0.481. The van der Waals surface area contributed by atoms with Crippen molar-refractivity contribution in [1.82, 2.24) is 15.0 Å². The number of benzene rings is 7. The Morgan fingerprint density at radius 2 is 0.892 bits per heavy atom. The topological polar surface area (TPSA) is 282 Å². The van der Waals surface area contributed by atoms with Crippen molar-refractivity contribution in [1.29, 1.82) is 0 Å². The second kappa shape index (κ2) is 22.3. The summed E-state index contributed by atoms with van der Waals surface area (Å²) >= 11 is 1.16. The largest absolute Gasteiger partial charge is 0.372 e. The highest BCUT2D eigenvalue weighted by molar-refractivity contribution is 7.98. The maximum atomic E-state index is 12.2. The van der Waals surface area contributed by atoms with E-state index in [9.17, 15) is 38.9 Å². The number of rotatable bonds is 20. The van der Waals surface area contributed by atoms with Gasteiger partial charge in [0.15, 0.2) is 5.16 Å². The normalized spacial score (nSPS) is 12.3. The van der Waals surface area contributed by atoms with Crippen molar-refractivity contribution in [3.8, 4) is 0 Å². The Kier molecular flexibility index (Phi) is 16.0. The minimum atomic E-state index is -4.55. The van der Waals surface area contributed by atoms with Crippen molar-refractivity contribution < 1.29 is 38.9 Å². The molecule has 5 N–H and O–H groups in total. The first-order valence-corrected chi connectivity index (χ1v) is 28.3. The summed E-state index contributed by atoms with van der Waals surface area (Å²) in [5.74, 6) is 0.289. The zero-order valence-electron chi connectivity index (χ0n) is 40.2. The molecular weight excluding hydrogens is 1030 g/mol. The molecule has 74 heavy (non-hydrogen) atoms. The molecule has 0 aliphatic rings. The molecule has 0 bridgehead atoms. The Morgan fingerprint density at radius 3 is 1.31 bits per heavy atom. The average Bonchev–Trinajstić information content (AvgIpc) is 3.37. The lowest BCUT2D eigenvalue weighted by atomic mass is 10.1. The average molecular weight is 1080 g/mol. The van der Waals surface area contributed by atoms with Gasteiger partial charge in [-0.2, -0.15) is 40.2 Å². The van der Waals surface area contributed by atoms with Crippen molar-refractivity contribution in [3.05, 3.63) is 139 Å². The summed E-state index contributed by atoms with van der Waals surface area (Å²) in [5, 5.41) is 26.6. The lowest BCUT2D eigenvalue weighted by Crippen LogP contribution is -2.21. The molecule has 0 radical (unpaired) electrons. The Balaban J connectivity index is 1.23. The van der Waals surface area contributed by atoms with Crippen LogP contribution in [0.25, 0.3) is 21.5 Å². The van der Waals surface area contributed by atoms with Crippen LogP contribution < -0.4 is 20.4 Å². The Bertz CT molecular complexity index is 3610. The van der Waals surface area contributed by atoms with Gasteiger partial charge in [0.2, 0.25) is 11.9 Å². The van der Waals surface area contributed by atoms with Crippen LogP contribution in [0.1, 0.15) is 33.3 Å². The number of anilines is 6. The minimum absolute atomic E-state index is 0.0567. The van der Waals surface area contributed by atoms with Crippen LogP contribution in [0.3, 0.4) is 0 Å². The van der Waals surface area contributed by atoms with Crippen molar-refractivity contribution in [3.63, 3.8) is 0 Å². The first-order chi connectivity index (χ1) is 35.4. The van der Waals surface area contributed by atoms with Gasteiger partial charge in [-0.1, -0.05) is 72.4 Å². The smallest absolute Gasteiger partial charge is 0.295 e. The second-order valence-electron chi connectivity index (χ2n) is 16.3. The molecule has 7 aromatic carbocycles. The van der Waals surface area contributed by atoms with Gasteiger partial charge in [0.25, 0.3) is 30.4 Å². The molecule has 24 heteroatoms. The standard InChI is InChI=1S/C50H49N11O9S4/c1-5-60(6-2)33-20-22-42(58-56-40-24-26-46(73(65,66)67)38-18-11-9-16-36(38)40)44(29-33)51-48-53-49(55-50(54-48)71-31-32-14-13-15-35(28-32)72(62,63)64)52-45-30-34(61(7-3)8-4)21-23-43(45)59-57-41-25-27-47(74(68,69)70)39-19-12-10-17-37(39)41/h9-30H,5-8,31H2,1-4H3,(H,62,63,64)(H,65,66,67)(H,68,69,70)(H2,51,52,53,54,55). The van der Waals surface area contributed by atoms with Crippen molar-refractivity contribution in [2.24, 2.45) is 20.5 Å². The van der Waals surface area contributed by atoms with E-state index in [1.165, 1.54) is 42.5 Å². The number of hydrogen-bond donors (Lipinski definition) is 5. The fraction of sp³-hybridized carbons (Fsp3) is 0.180. The molecule has 0 fully saturated rings. The van der Waals surface area contributed by atoms with E-state index in [0.29, 0.717) is 76.6 Å². The zero-order chi connectivity index (χ0) is 52.8. The van der Waals surface area contributed by atoms with Gasteiger partial charge < -0.3 is 20.4 Å². The molecule has 8 aromatic rings. The quantitative estimate of drug-likeness (QED) is 0.0269. The number of azo groups is 2. The van der Waals surface area contributed by atoms with E-state index < -0.39 is 30.4 Å². The third-order valence-corrected chi connectivity index (χ3v) is 15.3. The summed E-state index contributed by atoms with van der Waals surface area (Å²) < 4.78 is 103. The first kappa shape index (κ1) is 52.9. The number of aromatic nitrogens is 3. The van der Waals surface area contributed by atoms with Crippen LogP contribution in [0.15, 0.2) is 174 Å². The number of hydrogen-bond acceptors (Lipinski definition) is 18. The highest BCUT2D eigenvalue weighted by Crippen LogP contribution is 2.39. The molecule has 0 unspecified atom stereocenters. The molecule has 0 aliphatic heterocycles. The van der Waals surface area contributed by atoms with Crippen molar-refractivity contribution in [2.75, 3.05) is 46.6 Å². The molecule has 0 amide bonds.